The summed E-state index contributed by atoms with van der Waals surface area (Å²) in [4.78, 5) is 17.8. The van der Waals surface area contributed by atoms with Crippen LogP contribution in [0.4, 0.5) is 4.79 Å². The first-order chi connectivity index (χ1) is 11.7. The molecule has 0 bridgehead atoms. The van der Waals surface area contributed by atoms with Gasteiger partial charge in [-0.05, 0) is 61.4 Å². The minimum Gasteiger partial charge on any atom is -0.485 e. The third kappa shape index (κ3) is 6.00. The summed E-state index contributed by atoms with van der Waals surface area (Å²) in [5.41, 5.74) is 1.11. The fraction of sp³-hybridized carbons (Fsp3) is 0.529. The molecule has 1 aromatic heterocycles. The number of pyridine rings is 1. The van der Waals surface area contributed by atoms with E-state index in [-0.39, 0.29) is 17.9 Å². The van der Waals surface area contributed by atoms with Crippen LogP contribution in [0, 0.1) is 3.57 Å². The predicted octanol–water partition coefficient (Wildman–Crippen LogP) is 3.78. The Morgan fingerprint density at radius 3 is 2.72 bits per heavy atom. The fourth-order valence-electron chi connectivity index (χ4n) is 2.23. The van der Waals surface area contributed by atoms with Crippen LogP contribution in [-0.4, -0.2) is 46.4 Å². The van der Waals surface area contributed by atoms with Crippen molar-refractivity contribution in [2.24, 2.45) is 0 Å². The highest BCUT2D eigenvalue weighted by Gasteiger charge is 2.23. The molecule has 0 saturated heterocycles. The number of hydrogen-bond acceptors (Lipinski definition) is 5. The van der Waals surface area contributed by atoms with Crippen LogP contribution in [-0.2, 0) is 11.3 Å². The molecule has 2 heterocycles. The minimum absolute atomic E-state index is 0.165. The van der Waals surface area contributed by atoms with E-state index in [4.69, 9.17) is 26.2 Å². The van der Waals surface area contributed by atoms with Gasteiger partial charge in [-0.25, -0.2) is 9.78 Å². The van der Waals surface area contributed by atoms with Crippen LogP contribution in [0.1, 0.15) is 32.9 Å². The zero-order valence-electron chi connectivity index (χ0n) is 14.5. The summed E-state index contributed by atoms with van der Waals surface area (Å²) in [6, 6.07) is 1.74. The molecule has 0 aliphatic carbocycles. The second-order valence-electron chi connectivity index (χ2n) is 6.70. The minimum atomic E-state index is -0.495. The van der Waals surface area contributed by atoms with Crippen LogP contribution < -0.4 is 4.74 Å². The molecule has 0 unspecified atom stereocenters. The number of aliphatic hydroxyl groups excluding tert-OH is 1. The molecular formula is C17H22ClIN2O4. The van der Waals surface area contributed by atoms with Gasteiger partial charge in [-0.1, -0.05) is 17.7 Å². The molecule has 6 nitrogen and oxygen atoms in total. The number of nitrogens with zero attached hydrogens (tertiary/aromatic N) is 2. The quantitative estimate of drug-likeness (QED) is 0.403. The highest BCUT2D eigenvalue weighted by Crippen LogP contribution is 2.30. The first-order valence-electron chi connectivity index (χ1n) is 7.94. The van der Waals surface area contributed by atoms with E-state index < -0.39 is 5.60 Å². The molecule has 1 aliphatic heterocycles. The maximum absolute atomic E-state index is 12.0. The van der Waals surface area contributed by atoms with Crippen LogP contribution in [0.2, 0.25) is 5.15 Å². The fourth-order valence-corrected chi connectivity index (χ4v) is 3.42. The summed E-state index contributed by atoms with van der Waals surface area (Å²) in [7, 11) is 0. The number of rotatable bonds is 4. The Bertz CT molecular complexity index is 650. The Morgan fingerprint density at radius 2 is 2.20 bits per heavy atom. The van der Waals surface area contributed by atoms with Gasteiger partial charge >= 0.3 is 6.09 Å². The van der Waals surface area contributed by atoms with Gasteiger partial charge < -0.3 is 19.5 Å². The molecule has 0 saturated carbocycles. The number of hydrogen-bond donors (Lipinski definition) is 1. The Labute approximate surface area is 166 Å². The number of carbonyl (C=O) groups excluding carboxylic acids is 1. The standard InChI is InChI=1S/C17H22ClIN2O4/c1-17(2,3)25-16(23)21-6-4-11(5-7-21)10-24-14-13(19)8-12(9-22)20-15(14)18/h4,8,22H,5-7,9-10H2,1-3H3. The van der Waals surface area contributed by atoms with E-state index >= 15 is 0 Å². The Kier molecular flexibility index (Phi) is 6.93. The van der Waals surface area contributed by atoms with Crippen LogP contribution in [0.3, 0.4) is 0 Å². The first kappa shape index (κ1) is 20.3. The van der Waals surface area contributed by atoms with Gasteiger partial charge in [-0.2, -0.15) is 0 Å². The smallest absolute Gasteiger partial charge is 0.410 e. The van der Waals surface area contributed by atoms with Crippen LogP contribution in [0.25, 0.3) is 0 Å². The second-order valence-corrected chi connectivity index (χ2v) is 8.22. The summed E-state index contributed by atoms with van der Waals surface area (Å²) in [6.07, 6.45) is 2.39. The van der Waals surface area contributed by atoms with Crippen LogP contribution in [0.5, 0.6) is 5.75 Å². The predicted molar refractivity (Wildman–Crippen MR) is 104 cm³/mol. The molecule has 0 fully saturated rings. The van der Waals surface area contributed by atoms with Crippen molar-refractivity contribution in [3.05, 3.63) is 32.1 Å². The number of halogens is 2. The number of carbonyl (C=O) groups is 1. The van der Waals surface area contributed by atoms with Crippen molar-refractivity contribution in [3.8, 4) is 5.75 Å². The molecule has 0 aromatic carbocycles. The van der Waals surface area contributed by atoms with Gasteiger partial charge in [0.05, 0.1) is 15.9 Å². The van der Waals surface area contributed by atoms with Crippen molar-refractivity contribution in [2.75, 3.05) is 19.7 Å². The SMILES string of the molecule is CC(C)(C)OC(=O)N1CC=C(COc2c(I)cc(CO)nc2Cl)CC1. The lowest BCUT2D eigenvalue weighted by atomic mass is 10.1. The summed E-state index contributed by atoms with van der Waals surface area (Å²) in [6.45, 7) is 6.87. The molecule has 0 atom stereocenters. The topological polar surface area (TPSA) is 71.9 Å². The molecule has 1 N–H and O–H groups in total. The van der Waals surface area contributed by atoms with Gasteiger partial charge in [0, 0.05) is 13.1 Å². The van der Waals surface area contributed by atoms with Crippen LogP contribution >= 0.6 is 34.2 Å². The second kappa shape index (κ2) is 8.55. The van der Waals surface area contributed by atoms with E-state index in [1.807, 2.05) is 26.8 Å². The number of ether oxygens (including phenoxy) is 2. The summed E-state index contributed by atoms with van der Waals surface area (Å²) in [5.74, 6) is 0.509. The normalized spacial score (nSPS) is 15.0. The molecule has 1 amide bonds. The van der Waals surface area contributed by atoms with Crippen molar-refractivity contribution >= 4 is 40.3 Å². The summed E-state index contributed by atoms with van der Waals surface area (Å²) >= 11 is 8.22. The van der Waals surface area contributed by atoms with Crippen LogP contribution in [0.15, 0.2) is 17.7 Å². The molecule has 0 spiro atoms. The van der Waals surface area contributed by atoms with Crippen molar-refractivity contribution in [3.63, 3.8) is 0 Å². The highest BCUT2D eigenvalue weighted by molar-refractivity contribution is 14.1. The maximum atomic E-state index is 12.0. The zero-order valence-corrected chi connectivity index (χ0v) is 17.4. The summed E-state index contributed by atoms with van der Waals surface area (Å²) < 4.78 is 12.0. The van der Waals surface area contributed by atoms with Gasteiger partial charge in [0.1, 0.15) is 12.2 Å². The molecule has 8 heteroatoms. The third-order valence-corrected chi connectivity index (χ3v) is 4.52. The lowest BCUT2D eigenvalue weighted by molar-refractivity contribution is 0.0264. The molecule has 138 valence electrons. The zero-order chi connectivity index (χ0) is 18.6. The highest BCUT2D eigenvalue weighted by atomic mass is 127. The van der Waals surface area contributed by atoms with Crippen molar-refractivity contribution < 1.29 is 19.4 Å². The van der Waals surface area contributed by atoms with Gasteiger partial charge in [0.2, 0.25) is 0 Å². The Morgan fingerprint density at radius 1 is 1.48 bits per heavy atom. The van der Waals surface area contributed by atoms with E-state index in [0.717, 1.165) is 15.6 Å². The van der Waals surface area contributed by atoms with Gasteiger partial charge in [0.25, 0.3) is 0 Å². The lowest BCUT2D eigenvalue weighted by Crippen LogP contribution is -2.39. The van der Waals surface area contributed by atoms with E-state index in [1.165, 1.54) is 0 Å². The largest absolute Gasteiger partial charge is 0.485 e. The number of aromatic nitrogens is 1. The lowest BCUT2D eigenvalue weighted by Gasteiger charge is -2.29. The van der Waals surface area contributed by atoms with E-state index in [1.54, 1.807) is 11.0 Å². The average molecular weight is 481 g/mol. The van der Waals surface area contributed by atoms with Gasteiger partial charge in [0.15, 0.2) is 10.9 Å². The molecule has 1 aromatic rings. The maximum Gasteiger partial charge on any atom is 0.410 e. The van der Waals surface area contributed by atoms with Crippen molar-refractivity contribution in [2.45, 2.75) is 39.4 Å². The molecule has 1 aliphatic rings. The molecule has 0 radical (unpaired) electrons. The van der Waals surface area contributed by atoms with E-state index in [9.17, 15) is 4.79 Å². The van der Waals surface area contributed by atoms with Gasteiger partial charge in [-0.15, -0.1) is 0 Å². The molecule has 25 heavy (non-hydrogen) atoms. The Balaban J connectivity index is 1.92. The first-order valence-corrected chi connectivity index (χ1v) is 9.39. The Hall–Kier alpha value is -1.06. The van der Waals surface area contributed by atoms with Gasteiger partial charge in [-0.3, -0.25) is 0 Å². The number of aliphatic hydroxyl groups is 1. The molecule has 2 rings (SSSR count). The monoisotopic (exact) mass is 480 g/mol. The average Bonchev–Trinajstić information content (AvgIpc) is 2.52. The third-order valence-electron chi connectivity index (χ3n) is 3.46. The van der Waals surface area contributed by atoms with E-state index in [0.29, 0.717) is 31.1 Å². The number of amides is 1. The molecular weight excluding hydrogens is 459 g/mol. The van der Waals surface area contributed by atoms with Crippen molar-refractivity contribution in [1.29, 1.82) is 0 Å². The summed E-state index contributed by atoms with van der Waals surface area (Å²) in [5, 5.41) is 9.37. The van der Waals surface area contributed by atoms with Crippen molar-refractivity contribution in [1.82, 2.24) is 9.88 Å². The van der Waals surface area contributed by atoms with E-state index in [2.05, 4.69) is 27.6 Å².